The molecule has 1 N–H and O–H groups in total. The van der Waals surface area contributed by atoms with E-state index in [0.717, 1.165) is 32.5 Å². The summed E-state index contributed by atoms with van der Waals surface area (Å²) in [4.78, 5) is 17.2. The van der Waals surface area contributed by atoms with Crippen LogP contribution in [0.3, 0.4) is 0 Å². The Kier molecular flexibility index (Phi) is 5.28. The van der Waals surface area contributed by atoms with Crippen molar-refractivity contribution < 1.29 is 4.79 Å². The standard InChI is InChI=1S/C17H22N2OS2/c1-13(19-8-6-16-14(12-19)7-10-22-16)11-18-17(20)5-4-15-3-2-9-21-15/h2-3,7,9-10,13H,4-6,8,11-12H2,1H3,(H,18,20). The summed E-state index contributed by atoms with van der Waals surface area (Å²) in [6.45, 7) is 5.06. The van der Waals surface area contributed by atoms with Crippen molar-refractivity contribution >= 4 is 28.6 Å². The lowest BCUT2D eigenvalue weighted by atomic mass is 10.1. The van der Waals surface area contributed by atoms with Crippen LogP contribution in [-0.4, -0.2) is 29.9 Å². The van der Waals surface area contributed by atoms with Gasteiger partial charge in [0.1, 0.15) is 0 Å². The molecule has 118 valence electrons. The molecule has 2 aromatic rings. The molecule has 22 heavy (non-hydrogen) atoms. The summed E-state index contributed by atoms with van der Waals surface area (Å²) in [5.74, 6) is 0.161. The zero-order valence-electron chi connectivity index (χ0n) is 12.9. The van der Waals surface area contributed by atoms with Crippen LogP contribution in [0.25, 0.3) is 0 Å². The summed E-state index contributed by atoms with van der Waals surface area (Å²) < 4.78 is 0. The Bertz CT molecular complexity index is 606. The van der Waals surface area contributed by atoms with E-state index in [4.69, 9.17) is 0 Å². The number of thiophene rings is 2. The Hall–Kier alpha value is -1.17. The quantitative estimate of drug-likeness (QED) is 0.879. The molecule has 1 unspecified atom stereocenters. The molecule has 3 rings (SSSR count). The molecule has 0 spiro atoms. The highest BCUT2D eigenvalue weighted by molar-refractivity contribution is 7.10. The fourth-order valence-electron chi connectivity index (χ4n) is 2.82. The second-order valence-electron chi connectivity index (χ2n) is 5.82. The van der Waals surface area contributed by atoms with Gasteiger partial charge in [-0.3, -0.25) is 9.69 Å². The van der Waals surface area contributed by atoms with Gasteiger partial charge < -0.3 is 5.32 Å². The van der Waals surface area contributed by atoms with Crippen molar-refractivity contribution in [3.8, 4) is 0 Å². The number of aryl methyl sites for hydroxylation is 1. The third-order valence-corrected chi connectivity index (χ3v) is 6.19. The Morgan fingerprint density at radius 1 is 1.36 bits per heavy atom. The van der Waals surface area contributed by atoms with Crippen molar-refractivity contribution in [1.29, 1.82) is 0 Å². The lowest BCUT2D eigenvalue weighted by Crippen LogP contribution is -2.44. The zero-order chi connectivity index (χ0) is 15.4. The molecule has 0 aromatic carbocycles. The largest absolute Gasteiger partial charge is 0.355 e. The molecule has 0 saturated heterocycles. The van der Waals surface area contributed by atoms with Crippen molar-refractivity contribution in [2.75, 3.05) is 13.1 Å². The lowest BCUT2D eigenvalue weighted by molar-refractivity contribution is -0.121. The third kappa shape index (κ3) is 3.97. The van der Waals surface area contributed by atoms with Crippen LogP contribution in [0.5, 0.6) is 0 Å². The van der Waals surface area contributed by atoms with Crippen LogP contribution in [-0.2, 0) is 24.2 Å². The first-order chi connectivity index (χ1) is 10.7. The summed E-state index contributed by atoms with van der Waals surface area (Å²) >= 11 is 3.59. The Balaban J connectivity index is 1.40. The van der Waals surface area contributed by atoms with Gasteiger partial charge in [-0.1, -0.05) is 6.07 Å². The highest BCUT2D eigenvalue weighted by Crippen LogP contribution is 2.24. The number of nitrogens with zero attached hydrogens (tertiary/aromatic N) is 1. The number of rotatable bonds is 6. The Morgan fingerprint density at radius 3 is 3.09 bits per heavy atom. The smallest absolute Gasteiger partial charge is 0.220 e. The second kappa shape index (κ2) is 7.40. The van der Waals surface area contributed by atoms with Gasteiger partial charge in [-0.2, -0.15) is 0 Å². The first-order valence-corrected chi connectivity index (χ1v) is 9.56. The minimum absolute atomic E-state index is 0.161. The first kappa shape index (κ1) is 15.7. The van der Waals surface area contributed by atoms with Gasteiger partial charge in [0.2, 0.25) is 5.91 Å². The van der Waals surface area contributed by atoms with Crippen LogP contribution in [0.1, 0.15) is 28.7 Å². The van der Waals surface area contributed by atoms with E-state index in [-0.39, 0.29) is 5.91 Å². The van der Waals surface area contributed by atoms with Crippen LogP contribution in [0.4, 0.5) is 0 Å². The van der Waals surface area contributed by atoms with Gasteiger partial charge in [-0.05, 0) is 48.2 Å². The number of amides is 1. The van der Waals surface area contributed by atoms with E-state index in [1.54, 1.807) is 11.3 Å². The predicted octanol–water partition coefficient (Wildman–Crippen LogP) is 3.31. The maximum absolute atomic E-state index is 12.0. The molecule has 0 saturated carbocycles. The number of carbonyl (C=O) groups excluding carboxylic acids is 1. The van der Waals surface area contributed by atoms with Gasteiger partial charge in [-0.25, -0.2) is 0 Å². The van der Waals surface area contributed by atoms with Crippen molar-refractivity contribution in [1.82, 2.24) is 10.2 Å². The van der Waals surface area contributed by atoms with Crippen molar-refractivity contribution in [3.63, 3.8) is 0 Å². The molecule has 0 fully saturated rings. The summed E-state index contributed by atoms with van der Waals surface area (Å²) in [5.41, 5.74) is 1.46. The number of nitrogens with one attached hydrogen (secondary N) is 1. The van der Waals surface area contributed by atoms with E-state index >= 15 is 0 Å². The minimum Gasteiger partial charge on any atom is -0.355 e. The number of hydrogen-bond acceptors (Lipinski definition) is 4. The molecular formula is C17H22N2OS2. The molecule has 0 radical (unpaired) electrons. The van der Waals surface area contributed by atoms with Crippen LogP contribution >= 0.6 is 22.7 Å². The van der Waals surface area contributed by atoms with Gasteiger partial charge in [0, 0.05) is 41.9 Å². The number of hydrogen-bond donors (Lipinski definition) is 1. The molecular weight excluding hydrogens is 312 g/mol. The molecule has 0 bridgehead atoms. The van der Waals surface area contributed by atoms with E-state index in [1.165, 1.54) is 15.3 Å². The molecule has 5 heteroatoms. The van der Waals surface area contributed by atoms with Gasteiger partial charge in [0.05, 0.1) is 0 Å². The predicted molar refractivity (Wildman–Crippen MR) is 93.5 cm³/mol. The molecule has 1 aliphatic rings. The summed E-state index contributed by atoms with van der Waals surface area (Å²) in [6, 6.07) is 6.75. The monoisotopic (exact) mass is 334 g/mol. The Labute approximate surface area is 140 Å². The topological polar surface area (TPSA) is 32.3 Å². The van der Waals surface area contributed by atoms with Gasteiger partial charge >= 0.3 is 0 Å². The lowest BCUT2D eigenvalue weighted by Gasteiger charge is -2.32. The summed E-state index contributed by atoms with van der Waals surface area (Å²) in [5, 5.41) is 7.33. The number of fused-ring (bicyclic) bond motifs is 1. The van der Waals surface area contributed by atoms with Crippen LogP contribution < -0.4 is 5.32 Å². The molecule has 2 aromatic heterocycles. The van der Waals surface area contributed by atoms with Crippen molar-refractivity contribution in [3.05, 3.63) is 44.3 Å². The maximum Gasteiger partial charge on any atom is 0.220 e. The van der Waals surface area contributed by atoms with E-state index in [0.29, 0.717) is 12.5 Å². The highest BCUT2D eigenvalue weighted by Gasteiger charge is 2.21. The minimum atomic E-state index is 0.161. The van der Waals surface area contributed by atoms with Crippen molar-refractivity contribution in [2.24, 2.45) is 0 Å². The molecule has 1 aliphatic heterocycles. The molecule has 3 nitrogen and oxygen atoms in total. The first-order valence-electron chi connectivity index (χ1n) is 7.81. The normalized spacial score (nSPS) is 16.2. The third-order valence-electron chi connectivity index (χ3n) is 4.23. The summed E-state index contributed by atoms with van der Waals surface area (Å²) in [7, 11) is 0. The van der Waals surface area contributed by atoms with Crippen LogP contribution in [0.15, 0.2) is 29.0 Å². The average Bonchev–Trinajstić information content (AvgIpc) is 3.20. The van der Waals surface area contributed by atoms with E-state index < -0.39 is 0 Å². The number of carbonyl (C=O) groups is 1. The van der Waals surface area contributed by atoms with E-state index in [1.807, 2.05) is 17.4 Å². The van der Waals surface area contributed by atoms with E-state index in [9.17, 15) is 4.79 Å². The van der Waals surface area contributed by atoms with E-state index in [2.05, 4.69) is 40.0 Å². The molecule has 3 heterocycles. The van der Waals surface area contributed by atoms with Crippen LogP contribution in [0, 0.1) is 0 Å². The second-order valence-corrected chi connectivity index (χ2v) is 7.85. The molecule has 1 amide bonds. The van der Waals surface area contributed by atoms with Gasteiger partial charge in [0.25, 0.3) is 0 Å². The van der Waals surface area contributed by atoms with Crippen molar-refractivity contribution in [2.45, 2.75) is 38.8 Å². The SMILES string of the molecule is CC(CNC(=O)CCc1cccs1)N1CCc2sccc2C1. The highest BCUT2D eigenvalue weighted by atomic mass is 32.1. The molecule has 1 atom stereocenters. The fourth-order valence-corrected chi connectivity index (χ4v) is 4.42. The fraction of sp³-hybridized carbons (Fsp3) is 0.471. The zero-order valence-corrected chi connectivity index (χ0v) is 14.5. The molecule has 0 aliphatic carbocycles. The average molecular weight is 335 g/mol. The Morgan fingerprint density at radius 2 is 2.27 bits per heavy atom. The van der Waals surface area contributed by atoms with Crippen LogP contribution in [0.2, 0.25) is 0 Å². The summed E-state index contributed by atoms with van der Waals surface area (Å²) in [6.07, 6.45) is 2.57. The maximum atomic E-state index is 12.0. The van der Waals surface area contributed by atoms with Gasteiger partial charge in [0.15, 0.2) is 0 Å². The van der Waals surface area contributed by atoms with Gasteiger partial charge in [-0.15, -0.1) is 22.7 Å².